The molecule has 0 unspecified atom stereocenters. The summed E-state index contributed by atoms with van der Waals surface area (Å²) in [4.78, 5) is 1.38. The fourth-order valence-electron chi connectivity index (χ4n) is 1.52. The SMILES string of the molecule is CCCNCc1ccc(SCC)cc1C. The fourth-order valence-corrected chi connectivity index (χ4v) is 2.28. The van der Waals surface area contributed by atoms with Crippen LogP contribution in [0.5, 0.6) is 0 Å². The first-order chi connectivity index (χ1) is 7.27. The molecule has 0 spiro atoms. The smallest absolute Gasteiger partial charge is 0.0208 e. The normalized spacial score (nSPS) is 10.6. The van der Waals surface area contributed by atoms with Gasteiger partial charge in [-0.3, -0.25) is 0 Å². The molecule has 0 amide bonds. The van der Waals surface area contributed by atoms with Crippen molar-refractivity contribution in [3.05, 3.63) is 29.3 Å². The van der Waals surface area contributed by atoms with E-state index in [2.05, 4.69) is 44.3 Å². The van der Waals surface area contributed by atoms with Gasteiger partial charge in [-0.25, -0.2) is 0 Å². The average Bonchev–Trinajstić information content (AvgIpc) is 2.22. The van der Waals surface area contributed by atoms with Crippen molar-refractivity contribution in [2.24, 2.45) is 0 Å². The molecule has 0 aliphatic rings. The third-order valence-corrected chi connectivity index (χ3v) is 3.24. The first kappa shape index (κ1) is 12.6. The quantitative estimate of drug-likeness (QED) is 0.584. The van der Waals surface area contributed by atoms with Crippen molar-refractivity contribution in [3.63, 3.8) is 0 Å². The van der Waals surface area contributed by atoms with Crippen LogP contribution in [0.1, 0.15) is 31.4 Å². The first-order valence-corrected chi connectivity index (χ1v) is 6.69. The number of benzene rings is 1. The van der Waals surface area contributed by atoms with Gasteiger partial charge in [0, 0.05) is 11.4 Å². The molecule has 1 aromatic carbocycles. The predicted molar refractivity (Wildman–Crippen MR) is 69.6 cm³/mol. The van der Waals surface area contributed by atoms with Gasteiger partial charge in [-0.05, 0) is 48.9 Å². The lowest BCUT2D eigenvalue weighted by Gasteiger charge is -2.08. The first-order valence-electron chi connectivity index (χ1n) is 5.71. The summed E-state index contributed by atoms with van der Waals surface area (Å²) in [6, 6.07) is 6.76. The van der Waals surface area contributed by atoms with Crippen LogP contribution >= 0.6 is 11.8 Å². The van der Waals surface area contributed by atoms with Crippen molar-refractivity contribution in [2.45, 2.75) is 38.6 Å². The lowest BCUT2D eigenvalue weighted by atomic mass is 10.1. The van der Waals surface area contributed by atoms with Gasteiger partial charge < -0.3 is 5.32 Å². The van der Waals surface area contributed by atoms with E-state index in [9.17, 15) is 0 Å². The van der Waals surface area contributed by atoms with Gasteiger partial charge in [0.2, 0.25) is 0 Å². The van der Waals surface area contributed by atoms with E-state index in [1.807, 2.05) is 11.8 Å². The molecule has 0 saturated carbocycles. The minimum absolute atomic E-state index is 0.997. The molecule has 0 fully saturated rings. The van der Waals surface area contributed by atoms with E-state index in [-0.39, 0.29) is 0 Å². The summed E-state index contributed by atoms with van der Waals surface area (Å²) in [6.07, 6.45) is 1.20. The van der Waals surface area contributed by atoms with Crippen molar-refractivity contribution in [2.75, 3.05) is 12.3 Å². The summed E-state index contributed by atoms with van der Waals surface area (Å²) in [5.74, 6) is 1.15. The second-order valence-corrected chi connectivity index (χ2v) is 5.04. The molecule has 0 saturated heterocycles. The van der Waals surface area contributed by atoms with Gasteiger partial charge in [-0.2, -0.15) is 0 Å². The van der Waals surface area contributed by atoms with E-state index in [4.69, 9.17) is 0 Å². The Morgan fingerprint density at radius 2 is 2.07 bits per heavy atom. The monoisotopic (exact) mass is 223 g/mol. The van der Waals surface area contributed by atoms with E-state index in [0.717, 1.165) is 18.8 Å². The summed E-state index contributed by atoms with van der Waals surface area (Å²) in [5.41, 5.74) is 2.82. The number of hydrogen-bond donors (Lipinski definition) is 1. The lowest BCUT2D eigenvalue weighted by molar-refractivity contribution is 0.673. The van der Waals surface area contributed by atoms with E-state index in [0.29, 0.717) is 0 Å². The molecular formula is C13H21NS. The number of thioether (sulfide) groups is 1. The van der Waals surface area contributed by atoms with Crippen LogP contribution in [-0.2, 0) is 6.54 Å². The van der Waals surface area contributed by atoms with Crippen molar-refractivity contribution in [3.8, 4) is 0 Å². The molecule has 1 N–H and O–H groups in total. The largest absolute Gasteiger partial charge is 0.313 e. The minimum Gasteiger partial charge on any atom is -0.313 e. The Bertz CT molecular complexity index is 297. The molecule has 0 aliphatic heterocycles. The minimum atomic E-state index is 0.997. The third kappa shape index (κ3) is 4.27. The van der Waals surface area contributed by atoms with Crippen molar-refractivity contribution >= 4 is 11.8 Å². The summed E-state index contributed by atoms with van der Waals surface area (Å²) >= 11 is 1.91. The molecular weight excluding hydrogens is 202 g/mol. The summed E-state index contributed by atoms with van der Waals surface area (Å²) in [6.45, 7) is 8.68. The fraction of sp³-hybridized carbons (Fsp3) is 0.538. The van der Waals surface area contributed by atoms with Crippen molar-refractivity contribution in [1.82, 2.24) is 5.32 Å². The van der Waals surface area contributed by atoms with Crippen LogP contribution in [-0.4, -0.2) is 12.3 Å². The zero-order valence-corrected chi connectivity index (χ0v) is 10.8. The van der Waals surface area contributed by atoms with E-state index in [1.165, 1.54) is 22.4 Å². The predicted octanol–water partition coefficient (Wildman–Crippen LogP) is 3.61. The Labute approximate surface area is 97.7 Å². The number of aryl methyl sites for hydroxylation is 1. The zero-order valence-electron chi connectivity index (χ0n) is 9.97. The Balaban J connectivity index is 2.58. The average molecular weight is 223 g/mol. The van der Waals surface area contributed by atoms with Gasteiger partial charge in [0.25, 0.3) is 0 Å². The van der Waals surface area contributed by atoms with Crippen LogP contribution in [0.3, 0.4) is 0 Å². The molecule has 1 nitrogen and oxygen atoms in total. The highest BCUT2D eigenvalue weighted by Crippen LogP contribution is 2.20. The zero-order chi connectivity index (χ0) is 11.1. The number of nitrogens with one attached hydrogen (secondary N) is 1. The maximum absolute atomic E-state index is 3.44. The van der Waals surface area contributed by atoms with Crippen LogP contribution < -0.4 is 5.32 Å². The van der Waals surface area contributed by atoms with E-state index in [1.54, 1.807) is 0 Å². The Morgan fingerprint density at radius 1 is 1.27 bits per heavy atom. The number of hydrogen-bond acceptors (Lipinski definition) is 2. The second kappa shape index (κ2) is 6.91. The highest BCUT2D eigenvalue weighted by molar-refractivity contribution is 7.99. The lowest BCUT2D eigenvalue weighted by Crippen LogP contribution is -2.14. The molecule has 2 heteroatoms. The molecule has 1 rings (SSSR count). The van der Waals surface area contributed by atoms with Gasteiger partial charge >= 0.3 is 0 Å². The molecule has 0 heterocycles. The van der Waals surface area contributed by atoms with Gasteiger partial charge in [0.15, 0.2) is 0 Å². The van der Waals surface area contributed by atoms with Crippen LogP contribution in [0.15, 0.2) is 23.1 Å². The summed E-state index contributed by atoms with van der Waals surface area (Å²) in [5, 5.41) is 3.44. The molecule has 0 radical (unpaired) electrons. The molecule has 0 atom stereocenters. The molecule has 0 aliphatic carbocycles. The number of rotatable bonds is 6. The summed E-state index contributed by atoms with van der Waals surface area (Å²) < 4.78 is 0. The topological polar surface area (TPSA) is 12.0 Å². The van der Waals surface area contributed by atoms with E-state index < -0.39 is 0 Å². The molecule has 0 aromatic heterocycles. The molecule has 15 heavy (non-hydrogen) atoms. The Morgan fingerprint density at radius 3 is 2.67 bits per heavy atom. The Hall–Kier alpha value is -0.470. The van der Waals surface area contributed by atoms with Gasteiger partial charge in [0.1, 0.15) is 0 Å². The van der Waals surface area contributed by atoms with Gasteiger partial charge in [0.05, 0.1) is 0 Å². The van der Waals surface area contributed by atoms with Gasteiger partial charge in [-0.15, -0.1) is 11.8 Å². The van der Waals surface area contributed by atoms with Crippen LogP contribution in [0.25, 0.3) is 0 Å². The highest BCUT2D eigenvalue weighted by Gasteiger charge is 1.99. The Kier molecular flexibility index (Phi) is 5.81. The van der Waals surface area contributed by atoms with Crippen LogP contribution in [0.4, 0.5) is 0 Å². The van der Waals surface area contributed by atoms with E-state index >= 15 is 0 Å². The van der Waals surface area contributed by atoms with Crippen LogP contribution in [0, 0.1) is 6.92 Å². The second-order valence-electron chi connectivity index (χ2n) is 3.70. The van der Waals surface area contributed by atoms with Crippen molar-refractivity contribution < 1.29 is 0 Å². The highest BCUT2D eigenvalue weighted by atomic mass is 32.2. The standard InChI is InChI=1S/C13H21NS/c1-4-8-14-10-12-6-7-13(15-5-2)9-11(12)3/h6-7,9,14H,4-5,8,10H2,1-3H3. The van der Waals surface area contributed by atoms with Gasteiger partial charge in [-0.1, -0.05) is 19.9 Å². The summed E-state index contributed by atoms with van der Waals surface area (Å²) in [7, 11) is 0. The molecule has 1 aromatic rings. The van der Waals surface area contributed by atoms with Crippen molar-refractivity contribution in [1.29, 1.82) is 0 Å². The maximum Gasteiger partial charge on any atom is 0.0208 e. The maximum atomic E-state index is 3.44. The molecule has 84 valence electrons. The molecule has 0 bridgehead atoms. The third-order valence-electron chi connectivity index (χ3n) is 2.37. The van der Waals surface area contributed by atoms with Crippen LogP contribution in [0.2, 0.25) is 0 Å².